The summed E-state index contributed by atoms with van der Waals surface area (Å²) in [4.78, 5) is 9.96. The van der Waals surface area contributed by atoms with Gasteiger partial charge in [0.1, 0.15) is 6.21 Å². The Morgan fingerprint density at radius 1 is 1.19 bits per heavy atom. The second kappa shape index (κ2) is 5.38. The molecule has 138 valence electrons. The normalized spacial score (nSPS) is 17.6. The first kappa shape index (κ1) is 17.2. The molecule has 3 heterocycles. The van der Waals surface area contributed by atoms with Gasteiger partial charge < -0.3 is 17.6 Å². The molecule has 0 aliphatic carbocycles. The number of nitro groups is 1. The number of nitrogens with zero attached hydrogens (tertiary/aromatic N) is 3. The van der Waals surface area contributed by atoms with Crippen LogP contribution in [0.15, 0.2) is 54.4 Å². The number of benzene rings is 1. The fraction of sp³-hybridized carbons (Fsp3) is 0.0625. The molecule has 0 fully saturated rings. The third kappa shape index (κ3) is 2.41. The van der Waals surface area contributed by atoms with E-state index in [0.29, 0.717) is 15.0 Å². The van der Waals surface area contributed by atoms with Gasteiger partial charge in [-0.15, -0.1) is 0 Å². The summed E-state index contributed by atoms with van der Waals surface area (Å²) in [6.07, 6.45) is -0.110. The average Bonchev–Trinajstić information content (AvgIpc) is 3.24. The van der Waals surface area contributed by atoms with Crippen molar-refractivity contribution in [2.45, 2.75) is 6.18 Å². The summed E-state index contributed by atoms with van der Waals surface area (Å²) in [5.74, 6) is 0. The lowest BCUT2D eigenvalue weighted by Gasteiger charge is -2.31. The van der Waals surface area contributed by atoms with E-state index < -0.39 is 34.9 Å². The summed E-state index contributed by atoms with van der Waals surface area (Å²) in [5, 5.41) is 10.9. The highest BCUT2D eigenvalue weighted by Crippen LogP contribution is 2.44. The number of alkyl halides is 3. The van der Waals surface area contributed by atoms with Gasteiger partial charge in [-0.2, -0.15) is 13.2 Å². The number of non-ortho nitro benzene ring substituents is 1. The van der Waals surface area contributed by atoms with Crippen LogP contribution in [-0.4, -0.2) is 27.1 Å². The maximum Gasteiger partial charge on any atom is 0.737 e. The largest absolute Gasteiger partial charge is 0.737 e. The summed E-state index contributed by atoms with van der Waals surface area (Å²) in [6, 6.07) is 4.90. The molecule has 0 atom stereocenters. The molecule has 0 saturated carbocycles. The van der Waals surface area contributed by atoms with E-state index in [-0.39, 0.29) is 17.0 Å². The third-order valence-corrected chi connectivity index (χ3v) is 4.53. The Balaban J connectivity index is 2.06. The fourth-order valence-electron chi connectivity index (χ4n) is 3.39. The quantitative estimate of drug-likeness (QED) is 0.341. The average molecular weight is 381 g/mol. The minimum atomic E-state index is -4.91. The first-order valence-electron chi connectivity index (χ1n) is 7.72. The second-order valence-corrected chi connectivity index (χ2v) is 6.05. The molecule has 0 bridgehead atoms. The van der Waals surface area contributed by atoms with Crippen LogP contribution in [0.5, 0.6) is 0 Å². The molecule has 0 spiro atoms. The third-order valence-electron chi connectivity index (χ3n) is 4.53. The van der Waals surface area contributed by atoms with Crippen molar-refractivity contribution < 1.29 is 31.2 Å². The minimum Gasteiger partial charge on any atom is -0.396 e. The Labute approximate surface area is 148 Å². The number of halogens is 5. The number of rotatable bonds is 2. The molecular weight excluding hydrogens is 372 g/mol. The van der Waals surface area contributed by atoms with Crippen molar-refractivity contribution in [3.8, 4) is 0 Å². The lowest BCUT2D eigenvalue weighted by Crippen LogP contribution is -2.49. The van der Waals surface area contributed by atoms with E-state index >= 15 is 0 Å². The van der Waals surface area contributed by atoms with Gasteiger partial charge in [0.2, 0.25) is 0 Å². The van der Waals surface area contributed by atoms with Gasteiger partial charge in [0.15, 0.2) is 5.70 Å². The lowest BCUT2D eigenvalue weighted by molar-refractivity contribution is -0.385. The highest BCUT2D eigenvalue weighted by molar-refractivity contribution is 6.57. The van der Waals surface area contributed by atoms with Crippen LogP contribution in [0, 0.1) is 10.1 Å². The predicted molar refractivity (Wildman–Crippen MR) is 87.4 cm³/mol. The van der Waals surface area contributed by atoms with Gasteiger partial charge in [-0.05, 0) is 24.4 Å². The topological polar surface area (TPSA) is 51.1 Å². The van der Waals surface area contributed by atoms with Gasteiger partial charge in [0, 0.05) is 35.5 Å². The fourth-order valence-corrected chi connectivity index (χ4v) is 3.39. The molecule has 0 N–H and O–H groups in total. The van der Waals surface area contributed by atoms with Crippen LogP contribution in [-0.2, 0) is 6.18 Å². The summed E-state index contributed by atoms with van der Waals surface area (Å²) in [7, 11) is 0. The van der Waals surface area contributed by atoms with Crippen LogP contribution < -0.4 is 0 Å². The molecule has 2 aromatic rings. The molecule has 0 amide bonds. The predicted octanol–water partition coefficient (Wildman–Crippen LogP) is 4.06. The van der Waals surface area contributed by atoms with Gasteiger partial charge in [0.05, 0.1) is 16.1 Å². The zero-order valence-corrected chi connectivity index (χ0v) is 13.3. The molecule has 11 heteroatoms. The number of hydrogen-bond acceptors (Lipinski definition) is 2. The van der Waals surface area contributed by atoms with Gasteiger partial charge in [-0.3, -0.25) is 10.1 Å². The first-order valence-corrected chi connectivity index (χ1v) is 7.72. The number of fused-ring (bicyclic) bond motifs is 2. The molecule has 27 heavy (non-hydrogen) atoms. The molecule has 2 aliphatic heterocycles. The zero-order valence-electron chi connectivity index (χ0n) is 13.3. The maximum absolute atomic E-state index is 14.7. The minimum absolute atomic E-state index is 0.0694. The molecule has 0 unspecified atom stereocenters. The lowest BCUT2D eigenvalue weighted by atomic mass is 9.85. The highest BCUT2D eigenvalue weighted by Gasteiger charge is 2.52. The number of hydrogen-bond donors (Lipinski definition) is 0. The smallest absolute Gasteiger partial charge is 0.396 e. The van der Waals surface area contributed by atoms with E-state index in [4.69, 9.17) is 0 Å². The van der Waals surface area contributed by atoms with Crippen LogP contribution in [0.1, 0.15) is 16.8 Å². The van der Waals surface area contributed by atoms with E-state index in [9.17, 15) is 31.9 Å². The van der Waals surface area contributed by atoms with Crippen LogP contribution in [0.25, 0.3) is 5.57 Å². The van der Waals surface area contributed by atoms with Gasteiger partial charge in [0.25, 0.3) is 5.69 Å². The van der Waals surface area contributed by atoms with Crippen molar-refractivity contribution in [2.24, 2.45) is 0 Å². The SMILES string of the molecule is O=[N+]([O-])c1ccc(C2=C3C=CC=[N+]3[B-](F)(F)n3cccc32)c(C(F)(F)F)c1. The second-order valence-electron chi connectivity index (χ2n) is 6.05. The van der Waals surface area contributed by atoms with E-state index in [0.717, 1.165) is 24.5 Å². The number of nitro benzene ring substituents is 1. The van der Waals surface area contributed by atoms with Crippen LogP contribution in [0.4, 0.5) is 27.5 Å². The molecule has 0 radical (unpaired) electrons. The van der Waals surface area contributed by atoms with Crippen molar-refractivity contribution >= 4 is 24.4 Å². The van der Waals surface area contributed by atoms with Crippen molar-refractivity contribution in [3.63, 3.8) is 0 Å². The maximum atomic E-state index is 14.7. The van der Waals surface area contributed by atoms with Crippen molar-refractivity contribution in [3.05, 3.63) is 81.3 Å². The van der Waals surface area contributed by atoms with E-state index in [2.05, 4.69) is 0 Å². The summed E-state index contributed by atoms with van der Waals surface area (Å²) in [5.41, 5.74) is -2.65. The molecule has 0 saturated heterocycles. The Bertz CT molecular complexity index is 1080. The summed E-state index contributed by atoms with van der Waals surface area (Å²) in [6.45, 7) is -4.25. The van der Waals surface area contributed by atoms with Crippen molar-refractivity contribution in [1.29, 1.82) is 0 Å². The molecule has 2 aliphatic rings. The van der Waals surface area contributed by atoms with Gasteiger partial charge >= 0.3 is 13.1 Å². The van der Waals surface area contributed by atoms with Crippen molar-refractivity contribution in [1.82, 2.24) is 4.48 Å². The van der Waals surface area contributed by atoms with E-state index in [1.807, 2.05) is 0 Å². The summed E-state index contributed by atoms with van der Waals surface area (Å²) < 4.78 is 71.5. The monoisotopic (exact) mass is 381 g/mol. The van der Waals surface area contributed by atoms with Crippen molar-refractivity contribution in [2.75, 3.05) is 0 Å². The molecule has 5 nitrogen and oxygen atoms in total. The van der Waals surface area contributed by atoms with Gasteiger partial charge in [-0.25, -0.2) is 0 Å². The van der Waals surface area contributed by atoms with Gasteiger partial charge in [-0.1, -0.05) is 0 Å². The standard InChI is InChI=1S/C16H9BF5N3O2/c18-16(19,20)12-9-10(25(26)27)5-6-11(12)15-13-3-1-7-23(13)17(21,22)24-8-2-4-14(15)24/h1-9H. The highest BCUT2D eigenvalue weighted by atomic mass is 19.4. The van der Waals surface area contributed by atoms with Crippen LogP contribution in [0.2, 0.25) is 0 Å². The van der Waals surface area contributed by atoms with E-state index in [1.54, 1.807) is 0 Å². The number of allylic oxidation sites excluding steroid dienone is 2. The van der Waals surface area contributed by atoms with E-state index in [1.165, 1.54) is 24.3 Å². The van der Waals surface area contributed by atoms with Crippen LogP contribution >= 0.6 is 0 Å². The molecule has 1 aromatic heterocycles. The molecule has 4 rings (SSSR count). The molecular formula is C16H9BF5N3O2. The summed E-state index contributed by atoms with van der Waals surface area (Å²) >= 11 is 0. The zero-order chi connectivity index (χ0) is 19.6. The number of aromatic nitrogens is 1. The Morgan fingerprint density at radius 3 is 2.59 bits per heavy atom. The van der Waals surface area contributed by atoms with Crippen LogP contribution in [0.3, 0.4) is 0 Å². The Kier molecular flexibility index (Phi) is 3.43. The Hall–Kier alpha value is -3.24. The molecule has 1 aromatic carbocycles. The first-order chi connectivity index (χ1) is 12.6. The Morgan fingerprint density at radius 2 is 1.93 bits per heavy atom.